The lowest BCUT2D eigenvalue weighted by Crippen LogP contribution is -2.30. The van der Waals surface area contributed by atoms with E-state index in [9.17, 15) is 10.2 Å². The minimum atomic E-state index is -0.557. The van der Waals surface area contributed by atoms with E-state index < -0.39 is 5.41 Å². The molecule has 0 atom stereocenters. The summed E-state index contributed by atoms with van der Waals surface area (Å²) >= 11 is 0. The van der Waals surface area contributed by atoms with Crippen LogP contribution in [0.2, 0.25) is 0 Å². The van der Waals surface area contributed by atoms with Crippen LogP contribution in [0.4, 0.5) is 0 Å². The summed E-state index contributed by atoms with van der Waals surface area (Å²) in [6.07, 6.45) is 1.17. The van der Waals surface area contributed by atoms with E-state index in [2.05, 4.69) is 13.2 Å². The minimum Gasteiger partial charge on any atom is -0.396 e. The maximum Gasteiger partial charge on any atom is 0.0515 e. The van der Waals surface area contributed by atoms with Crippen LogP contribution in [0, 0.1) is 5.41 Å². The Hall–Kier alpha value is -1.38. The molecule has 1 aromatic rings. The number of hydrogen-bond acceptors (Lipinski definition) is 2. The highest BCUT2D eigenvalue weighted by atomic mass is 16.3. The van der Waals surface area contributed by atoms with Crippen molar-refractivity contribution in [2.24, 2.45) is 5.41 Å². The average Bonchev–Trinajstić information content (AvgIpc) is 2.38. The second-order valence-corrected chi connectivity index (χ2v) is 5.10. The van der Waals surface area contributed by atoms with E-state index in [0.717, 1.165) is 16.7 Å². The summed E-state index contributed by atoms with van der Waals surface area (Å²) in [5.74, 6) is 0. The maximum atomic E-state index is 9.58. The van der Waals surface area contributed by atoms with Crippen molar-refractivity contribution < 1.29 is 10.2 Å². The van der Waals surface area contributed by atoms with E-state index in [4.69, 9.17) is 0 Å². The summed E-state index contributed by atoms with van der Waals surface area (Å²) in [4.78, 5) is 0. The summed E-state index contributed by atoms with van der Waals surface area (Å²) < 4.78 is 0. The van der Waals surface area contributed by atoms with Crippen molar-refractivity contribution in [3.8, 4) is 0 Å². The van der Waals surface area contributed by atoms with E-state index in [-0.39, 0.29) is 13.2 Å². The van der Waals surface area contributed by atoms with Crippen molar-refractivity contribution >= 4 is 5.57 Å². The molecule has 0 heterocycles. The zero-order chi connectivity index (χ0) is 13.6. The molecule has 2 heteroatoms. The van der Waals surface area contributed by atoms with Crippen molar-refractivity contribution in [2.45, 2.75) is 19.8 Å². The Morgan fingerprint density at radius 1 is 1.06 bits per heavy atom. The van der Waals surface area contributed by atoms with Crippen LogP contribution in [0.15, 0.2) is 49.1 Å². The molecule has 0 unspecified atom stereocenters. The molecule has 1 aromatic carbocycles. The second kappa shape index (κ2) is 6.53. The summed E-state index contributed by atoms with van der Waals surface area (Å²) in [5.41, 5.74) is 2.38. The first-order chi connectivity index (χ1) is 8.53. The molecule has 0 spiro atoms. The van der Waals surface area contributed by atoms with Crippen molar-refractivity contribution in [3.63, 3.8) is 0 Å². The molecule has 98 valence electrons. The normalized spacial score (nSPS) is 11.3. The summed E-state index contributed by atoms with van der Waals surface area (Å²) in [6, 6.07) is 9.85. The van der Waals surface area contributed by atoms with Crippen LogP contribution in [-0.4, -0.2) is 23.4 Å². The van der Waals surface area contributed by atoms with Crippen molar-refractivity contribution in [1.82, 2.24) is 0 Å². The van der Waals surface area contributed by atoms with E-state index >= 15 is 0 Å². The van der Waals surface area contributed by atoms with Crippen LogP contribution in [0.5, 0.6) is 0 Å². The zero-order valence-corrected chi connectivity index (χ0v) is 11.0. The van der Waals surface area contributed by atoms with Gasteiger partial charge in [0.05, 0.1) is 13.2 Å². The van der Waals surface area contributed by atoms with Gasteiger partial charge in [-0.05, 0) is 30.9 Å². The van der Waals surface area contributed by atoms with Gasteiger partial charge >= 0.3 is 0 Å². The highest BCUT2D eigenvalue weighted by molar-refractivity contribution is 5.63. The number of aliphatic hydroxyl groups is 2. The van der Waals surface area contributed by atoms with E-state index in [1.54, 1.807) is 0 Å². The Morgan fingerprint density at radius 2 is 1.61 bits per heavy atom. The molecule has 18 heavy (non-hydrogen) atoms. The lowest BCUT2D eigenvalue weighted by molar-refractivity contribution is 0.0590. The van der Waals surface area contributed by atoms with Gasteiger partial charge < -0.3 is 10.2 Å². The standard InChI is InChI=1S/C16H22O2/c1-13(2)9-16(11-17,12-18)10-14(3)15-7-5-4-6-8-15/h4-8,17-18H,1,3,9-12H2,2H3. The van der Waals surface area contributed by atoms with E-state index in [0.29, 0.717) is 12.8 Å². The first-order valence-electron chi connectivity index (χ1n) is 6.12. The molecule has 0 aliphatic rings. The van der Waals surface area contributed by atoms with Crippen LogP contribution >= 0.6 is 0 Å². The largest absolute Gasteiger partial charge is 0.396 e. The fraction of sp³-hybridized carbons (Fsp3) is 0.375. The van der Waals surface area contributed by atoms with Crippen LogP contribution in [-0.2, 0) is 0 Å². The number of rotatable bonds is 7. The Labute approximate surface area is 109 Å². The van der Waals surface area contributed by atoms with Gasteiger partial charge in [0.15, 0.2) is 0 Å². The Balaban J connectivity index is 2.84. The molecule has 0 amide bonds. The molecule has 0 saturated heterocycles. The molecule has 2 N–H and O–H groups in total. The first-order valence-corrected chi connectivity index (χ1v) is 6.12. The van der Waals surface area contributed by atoms with Crippen LogP contribution in [0.1, 0.15) is 25.3 Å². The minimum absolute atomic E-state index is 0.0672. The monoisotopic (exact) mass is 246 g/mol. The van der Waals surface area contributed by atoms with Crippen LogP contribution in [0.3, 0.4) is 0 Å². The summed E-state index contributed by atoms with van der Waals surface area (Å²) in [5, 5.41) is 19.2. The molecule has 0 aliphatic heterocycles. The number of hydrogen-bond donors (Lipinski definition) is 2. The van der Waals surface area contributed by atoms with Gasteiger partial charge in [0.2, 0.25) is 0 Å². The van der Waals surface area contributed by atoms with Gasteiger partial charge in [-0.1, -0.05) is 42.5 Å². The lowest BCUT2D eigenvalue weighted by Gasteiger charge is -2.31. The highest BCUT2D eigenvalue weighted by Crippen LogP contribution is 2.35. The molecule has 1 rings (SSSR count). The van der Waals surface area contributed by atoms with Crippen molar-refractivity contribution in [3.05, 3.63) is 54.6 Å². The van der Waals surface area contributed by atoms with Gasteiger partial charge in [0.1, 0.15) is 0 Å². The quantitative estimate of drug-likeness (QED) is 0.726. The first kappa shape index (κ1) is 14.7. The van der Waals surface area contributed by atoms with Crippen molar-refractivity contribution in [2.75, 3.05) is 13.2 Å². The number of aliphatic hydroxyl groups excluding tert-OH is 2. The van der Waals surface area contributed by atoms with Gasteiger partial charge in [0, 0.05) is 5.41 Å². The van der Waals surface area contributed by atoms with E-state index in [1.807, 2.05) is 37.3 Å². The third-order valence-electron chi connectivity index (χ3n) is 3.12. The predicted molar refractivity (Wildman–Crippen MR) is 76.1 cm³/mol. The van der Waals surface area contributed by atoms with Gasteiger partial charge in [-0.25, -0.2) is 0 Å². The van der Waals surface area contributed by atoms with E-state index in [1.165, 1.54) is 0 Å². The highest BCUT2D eigenvalue weighted by Gasteiger charge is 2.29. The molecule has 0 fully saturated rings. The van der Waals surface area contributed by atoms with Crippen LogP contribution in [0.25, 0.3) is 5.57 Å². The molecular formula is C16H22O2. The predicted octanol–water partition coefficient (Wildman–Crippen LogP) is 3.03. The van der Waals surface area contributed by atoms with Gasteiger partial charge in [-0.15, -0.1) is 6.58 Å². The second-order valence-electron chi connectivity index (χ2n) is 5.10. The Kier molecular flexibility index (Phi) is 5.32. The van der Waals surface area contributed by atoms with Crippen molar-refractivity contribution in [1.29, 1.82) is 0 Å². The molecule has 2 nitrogen and oxygen atoms in total. The fourth-order valence-corrected chi connectivity index (χ4v) is 2.20. The average molecular weight is 246 g/mol. The Bertz CT molecular complexity index is 402. The zero-order valence-electron chi connectivity index (χ0n) is 11.0. The molecule has 0 bridgehead atoms. The topological polar surface area (TPSA) is 40.5 Å². The fourth-order valence-electron chi connectivity index (χ4n) is 2.20. The lowest BCUT2D eigenvalue weighted by atomic mass is 9.77. The third kappa shape index (κ3) is 3.83. The van der Waals surface area contributed by atoms with Gasteiger partial charge in [-0.3, -0.25) is 0 Å². The molecular weight excluding hydrogens is 224 g/mol. The number of allylic oxidation sites excluding steroid dienone is 2. The van der Waals surface area contributed by atoms with Gasteiger partial charge in [-0.2, -0.15) is 0 Å². The van der Waals surface area contributed by atoms with Crippen LogP contribution < -0.4 is 0 Å². The summed E-state index contributed by atoms with van der Waals surface area (Å²) in [6.45, 7) is 9.70. The molecule has 0 aliphatic carbocycles. The molecule has 0 radical (unpaired) electrons. The smallest absolute Gasteiger partial charge is 0.0515 e. The maximum absolute atomic E-state index is 9.58. The third-order valence-corrected chi connectivity index (χ3v) is 3.12. The number of benzene rings is 1. The molecule has 0 saturated carbocycles. The molecule has 0 aromatic heterocycles. The SMILES string of the molecule is C=C(C)CC(CO)(CO)CC(=C)c1ccccc1. The van der Waals surface area contributed by atoms with Gasteiger partial charge in [0.25, 0.3) is 0 Å². The summed E-state index contributed by atoms with van der Waals surface area (Å²) in [7, 11) is 0. The Morgan fingerprint density at radius 3 is 2.06 bits per heavy atom.